The summed E-state index contributed by atoms with van der Waals surface area (Å²) in [6, 6.07) is 0.320. The number of piperazine rings is 1. The molecule has 0 unspecified atom stereocenters. The number of aromatic nitrogens is 1. The number of carbonyl (C=O) groups excluding carboxylic acids is 1. The summed E-state index contributed by atoms with van der Waals surface area (Å²) >= 11 is 1.70. The number of rotatable bonds is 6. The molecule has 1 N–H and O–H groups in total. The Morgan fingerprint density at radius 3 is 2.74 bits per heavy atom. The average molecular weight is 337 g/mol. The Balaban J connectivity index is 1.33. The number of hydrogen-bond acceptors (Lipinski definition) is 5. The predicted octanol–water partition coefficient (Wildman–Crippen LogP) is 2.13. The lowest BCUT2D eigenvalue weighted by Crippen LogP contribution is -2.51. The van der Waals surface area contributed by atoms with Crippen LogP contribution in [0.4, 0.5) is 0 Å². The van der Waals surface area contributed by atoms with Crippen LogP contribution in [0.1, 0.15) is 43.7 Å². The molecule has 2 heterocycles. The smallest absolute Gasteiger partial charge is 0.225 e. The summed E-state index contributed by atoms with van der Waals surface area (Å²) in [4.78, 5) is 21.3. The van der Waals surface area contributed by atoms with Gasteiger partial charge in [0, 0.05) is 56.8 Å². The van der Waals surface area contributed by atoms with Gasteiger partial charge in [0.15, 0.2) is 0 Å². The van der Waals surface area contributed by atoms with E-state index in [1.54, 1.807) is 11.3 Å². The van der Waals surface area contributed by atoms with Crippen molar-refractivity contribution in [1.82, 2.24) is 20.1 Å². The second-order valence-electron chi connectivity index (χ2n) is 6.69. The first kappa shape index (κ1) is 16.9. The van der Waals surface area contributed by atoms with Crippen LogP contribution in [0.5, 0.6) is 0 Å². The molecule has 1 atom stereocenters. The molecule has 5 nitrogen and oxygen atoms in total. The molecule has 2 fully saturated rings. The SMILES string of the molecule is C[C@@H](NCCN1CCN(C(=O)C2CCCC2)CC1)c1nccs1. The van der Waals surface area contributed by atoms with Crippen molar-refractivity contribution in [3.8, 4) is 0 Å². The van der Waals surface area contributed by atoms with Gasteiger partial charge in [0.05, 0.1) is 6.04 Å². The molecule has 23 heavy (non-hydrogen) atoms. The van der Waals surface area contributed by atoms with Gasteiger partial charge in [-0.3, -0.25) is 9.69 Å². The molecular weight excluding hydrogens is 308 g/mol. The van der Waals surface area contributed by atoms with E-state index in [9.17, 15) is 4.79 Å². The summed E-state index contributed by atoms with van der Waals surface area (Å²) in [5.74, 6) is 0.736. The molecule has 0 bridgehead atoms. The molecule has 6 heteroatoms. The van der Waals surface area contributed by atoms with Crippen LogP contribution in [0.2, 0.25) is 0 Å². The van der Waals surface area contributed by atoms with E-state index in [0.717, 1.165) is 57.1 Å². The van der Waals surface area contributed by atoms with Gasteiger partial charge in [-0.05, 0) is 19.8 Å². The molecule has 3 rings (SSSR count). The Morgan fingerprint density at radius 1 is 1.35 bits per heavy atom. The van der Waals surface area contributed by atoms with Crippen LogP contribution in [0.3, 0.4) is 0 Å². The van der Waals surface area contributed by atoms with Crippen molar-refractivity contribution in [2.24, 2.45) is 5.92 Å². The number of carbonyl (C=O) groups is 1. The highest BCUT2D eigenvalue weighted by Gasteiger charge is 2.29. The lowest BCUT2D eigenvalue weighted by Gasteiger charge is -2.36. The normalized spacial score (nSPS) is 21.7. The zero-order valence-corrected chi connectivity index (χ0v) is 14.9. The second-order valence-corrected chi connectivity index (χ2v) is 7.62. The summed E-state index contributed by atoms with van der Waals surface area (Å²) in [5.41, 5.74) is 0. The van der Waals surface area contributed by atoms with Crippen molar-refractivity contribution in [1.29, 1.82) is 0 Å². The van der Waals surface area contributed by atoms with E-state index in [0.29, 0.717) is 17.9 Å². The molecule has 1 amide bonds. The molecule has 1 aromatic heterocycles. The van der Waals surface area contributed by atoms with Crippen LogP contribution in [-0.4, -0.2) is 60.0 Å². The van der Waals surface area contributed by atoms with Gasteiger partial charge < -0.3 is 10.2 Å². The van der Waals surface area contributed by atoms with Crippen molar-refractivity contribution in [2.45, 2.75) is 38.6 Å². The zero-order valence-electron chi connectivity index (χ0n) is 14.0. The highest BCUT2D eigenvalue weighted by molar-refractivity contribution is 7.09. The van der Waals surface area contributed by atoms with Crippen molar-refractivity contribution in [3.05, 3.63) is 16.6 Å². The van der Waals surface area contributed by atoms with E-state index >= 15 is 0 Å². The maximum atomic E-state index is 12.4. The molecule has 0 radical (unpaired) electrons. The lowest BCUT2D eigenvalue weighted by atomic mass is 10.1. The third-order valence-electron chi connectivity index (χ3n) is 5.09. The Hall–Kier alpha value is -0.980. The first-order valence-electron chi connectivity index (χ1n) is 8.88. The van der Waals surface area contributed by atoms with Crippen molar-refractivity contribution >= 4 is 17.2 Å². The van der Waals surface area contributed by atoms with E-state index in [1.807, 2.05) is 11.6 Å². The maximum Gasteiger partial charge on any atom is 0.225 e. The molecule has 1 aliphatic carbocycles. The van der Waals surface area contributed by atoms with Gasteiger partial charge in [0.2, 0.25) is 5.91 Å². The highest BCUT2D eigenvalue weighted by atomic mass is 32.1. The molecule has 0 aromatic carbocycles. The molecule has 0 spiro atoms. The second kappa shape index (κ2) is 8.22. The summed E-state index contributed by atoms with van der Waals surface area (Å²) in [6.07, 6.45) is 6.55. The molecule has 128 valence electrons. The van der Waals surface area contributed by atoms with Gasteiger partial charge in [-0.1, -0.05) is 12.8 Å². The molecule has 1 saturated carbocycles. The first-order chi connectivity index (χ1) is 11.2. The zero-order chi connectivity index (χ0) is 16.1. The fourth-order valence-electron chi connectivity index (χ4n) is 3.60. The van der Waals surface area contributed by atoms with Gasteiger partial charge in [-0.15, -0.1) is 11.3 Å². The fourth-order valence-corrected chi connectivity index (χ4v) is 4.27. The monoisotopic (exact) mass is 336 g/mol. The van der Waals surface area contributed by atoms with E-state index < -0.39 is 0 Å². The van der Waals surface area contributed by atoms with Crippen LogP contribution >= 0.6 is 11.3 Å². The summed E-state index contributed by atoms with van der Waals surface area (Å²) in [7, 11) is 0. The minimum Gasteiger partial charge on any atom is -0.340 e. The van der Waals surface area contributed by atoms with Crippen LogP contribution in [0, 0.1) is 5.92 Å². The molecular formula is C17H28N4OS. The number of nitrogens with one attached hydrogen (secondary N) is 1. The van der Waals surface area contributed by atoms with Gasteiger partial charge in [0.1, 0.15) is 5.01 Å². The van der Waals surface area contributed by atoms with E-state index in [2.05, 4.69) is 27.0 Å². The number of thiazole rings is 1. The van der Waals surface area contributed by atoms with E-state index in [1.165, 1.54) is 12.8 Å². The van der Waals surface area contributed by atoms with Gasteiger partial charge in [-0.2, -0.15) is 0 Å². The highest BCUT2D eigenvalue weighted by Crippen LogP contribution is 2.26. The third kappa shape index (κ3) is 4.52. The van der Waals surface area contributed by atoms with Crippen molar-refractivity contribution < 1.29 is 4.79 Å². The molecule has 1 aliphatic heterocycles. The maximum absolute atomic E-state index is 12.4. The Morgan fingerprint density at radius 2 is 2.09 bits per heavy atom. The molecule has 1 saturated heterocycles. The van der Waals surface area contributed by atoms with Crippen LogP contribution < -0.4 is 5.32 Å². The average Bonchev–Trinajstić information content (AvgIpc) is 3.28. The summed E-state index contributed by atoms with van der Waals surface area (Å²) in [5, 5.41) is 6.71. The minimum atomic E-state index is 0.320. The van der Waals surface area contributed by atoms with Crippen LogP contribution in [-0.2, 0) is 4.79 Å². The molecule has 2 aliphatic rings. The lowest BCUT2D eigenvalue weighted by molar-refractivity contribution is -0.137. The van der Waals surface area contributed by atoms with E-state index in [-0.39, 0.29) is 0 Å². The number of nitrogens with zero attached hydrogens (tertiary/aromatic N) is 3. The standard InChI is InChI=1S/C17H28N4OS/c1-14(16-19-7-13-23-16)18-6-8-20-9-11-21(12-10-20)17(22)15-4-2-3-5-15/h7,13-15,18H,2-6,8-12H2,1H3/t14-/m1/s1. The number of hydrogen-bond donors (Lipinski definition) is 1. The predicted molar refractivity (Wildman–Crippen MR) is 93.5 cm³/mol. The fraction of sp³-hybridized carbons (Fsp3) is 0.765. The van der Waals surface area contributed by atoms with Gasteiger partial charge in [0.25, 0.3) is 0 Å². The number of amides is 1. The van der Waals surface area contributed by atoms with Crippen LogP contribution in [0.25, 0.3) is 0 Å². The van der Waals surface area contributed by atoms with Crippen LogP contribution in [0.15, 0.2) is 11.6 Å². The van der Waals surface area contributed by atoms with Gasteiger partial charge >= 0.3 is 0 Å². The van der Waals surface area contributed by atoms with Crippen molar-refractivity contribution in [2.75, 3.05) is 39.3 Å². The van der Waals surface area contributed by atoms with E-state index in [4.69, 9.17) is 0 Å². The molecule has 1 aromatic rings. The largest absolute Gasteiger partial charge is 0.340 e. The first-order valence-corrected chi connectivity index (χ1v) is 9.76. The summed E-state index contributed by atoms with van der Waals surface area (Å²) in [6.45, 7) is 7.99. The Labute approximate surface area is 143 Å². The van der Waals surface area contributed by atoms with Gasteiger partial charge in [-0.25, -0.2) is 4.98 Å². The third-order valence-corrected chi connectivity index (χ3v) is 6.05. The Kier molecular flexibility index (Phi) is 6.02. The quantitative estimate of drug-likeness (QED) is 0.864. The topological polar surface area (TPSA) is 48.5 Å². The Bertz CT molecular complexity index is 479. The minimum absolute atomic E-state index is 0.320. The summed E-state index contributed by atoms with van der Waals surface area (Å²) < 4.78 is 0. The van der Waals surface area contributed by atoms with Crippen molar-refractivity contribution in [3.63, 3.8) is 0 Å².